The number of alkyl halides is 6. The molecule has 0 radical (unpaired) electrons. The fourth-order valence-electron chi connectivity index (χ4n) is 5.03. The van der Waals surface area contributed by atoms with Gasteiger partial charge in [0.25, 0.3) is 0 Å². The molecule has 10 nitrogen and oxygen atoms in total. The first-order chi connectivity index (χ1) is 26.0. The maximum atomic E-state index is 14.7. The summed E-state index contributed by atoms with van der Waals surface area (Å²) in [4.78, 5) is 47.2. The third kappa shape index (κ3) is 13.8. The van der Waals surface area contributed by atoms with E-state index in [1.807, 2.05) is 0 Å². The lowest BCUT2D eigenvalue weighted by Gasteiger charge is -2.38. The van der Waals surface area contributed by atoms with E-state index in [1.165, 1.54) is 48.5 Å². The summed E-state index contributed by atoms with van der Waals surface area (Å²) < 4.78 is 118. The zero-order valence-corrected chi connectivity index (χ0v) is 28.5. The van der Waals surface area contributed by atoms with E-state index in [2.05, 4.69) is 13.2 Å². The van der Waals surface area contributed by atoms with Crippen LogP contribution in [0.3, 0.4) is 0 Å². The smallest absolute Gasteiger partial charge is 0.411 e. The zero-order valence-electron chi connectivity index (χ0n) is 28.5. The Balaban J connectivity index is 0.00000841. The van der Waals surface area contributed by atoms with Gasteiger partial charge in [0.2, 0.25) is 19.0 Å². The van der Waals surface area contributed by atoms with Gasteiger partial charge in [0.1, 0.15) is 23.0 Å². The summed E-state index contributed by atoms with van der Waals surface area (Å²) in [5, 5.41) is 0. The Morgan fingerprint density at radius 3 is 1.03 bits per heavy atom. The highest BCUT2D eigenvalue weighted by atomic mass is 19.4. The molecule has 0 heterocycles. The molecule has 0 fully saturated rings. The van der Waals surface area contributed by atoms with Crippen LogP contribution >= 0.6 is 0 Å². The predicted molar refractivity (Wildman–Crippen MR) is 208 cm³/mol. The van der Waals surface area contributed by atoms with Gasteiger partial charge in [-0.1, -0.05) is 91.4 Å². The molecule has 4 rings (SSSR count). The number of ether oxygens (including phenoxy) is 6. The molecule has 4 aromatic carbocycles. The first kappa shape index (κ1) is 52.4. The van der Waals surface area contributed by atoms with Crippen LogP contribution in [0.25, 0.3) is 0 Å². The molecule has 0 aliphatic heterocycles. The third-order valence-electron chi connectivity index (χ3n) is 7.62. The van der Waals surface area contributed by atoms with E-state index >= 15 is 0 Å². The van der Waals surface area contributed by atoms with E-state index in [-0.39, 0.29) is 67.6 Å². The molecule has 0 amide bonds. The average Bonchev–Trinajstić information content (AvgIpc) is 3.13. The minimum absolute atomic E-state index is 0. The molecular formula is C43H46F6O10. The van der Waals surface area contributed by atoms with Crippen molar-refractivity contribution in [3.8, 4) is 23.0 Å². The van der Waals surface area contributed by atoms with Gasteiger partial charge < -0.3 is 28.4 Å². The Kier molecular flexibility index (Phi) is 20.4. The lowest BCUT2D eigenvalue weighted by Crippen LogP contribution is -2.54. The summed E-state index contributed by atoms with van der Waals surface area (Å²) in [7, 11) is 0. The lowest BCUT2D eigenvalue weighted by molar-refractivity contribution is -0.288. The lowest BCUT2D eigenvalue weighted by atomic mass is 9.73. The average molecular weight is 837 g/mol. The molecular weight excluding hydrogens is 790 g/mol. The Morgan fingerprint density at radius 1 is 0.475 bits per heavy atom. The second-order valence-corrected chi connectivity index (χ2v) is 11.2. The minimum atomic E-state index is -5.91. The molecule has 0 bridgehead atoms. The fraction of sp³-hybridized carbons (Fsp3) is 0.256. The standard InChI is InChI=1S/C39H30F6O10.4CH4/c1-3-33(46)52-23-50-29-13-5-25(6-14-29)21-35(48)54-31-17-9-27(10-18-31)37(38(40,41)42,39(43,44)45)28-11-19-32(20-12-28)55-36(49)22-26-7-15-30(16-8-26)51-24-53-34(47)4-2;;;;/h3-20H,1-2,21-24H2;4*1H4. The first-order valence-corrected chi connectivity index (χ1v) is 15.8. The molecule has 0 N–H and O–H groups in total. The molecule has 0 saturated carbocycles. The predicted octanol–water partition coefficient (Wildman–Crippen LogP) is 10.1. The first-order valence-electron chi connectivity index (χ1n) is 15.8. The summed E-state index contributed by atoms with van der Waals surface area (Å²) in [6.45, 7) is 5.72. The van der Waals surface area contributed by atoms with Crippen molar-refractivity contribution in [1.82, 2.24) is 0 Å². The maximum Gasteiger partial charge on any atom is 0.411 e. The van der Waals surface area contributed by atoms with Gasteiger partial charge in [0, 0.05) is 12.2 Å². The third-order valence-corrected chi connectivity index (χ3v) is 7.62. The number of esters is 4. The van der Waals surface area contributed by atoms with Crippen LogP contribution < -0.4 is 18.9 Å². The van der Waals surface area contributed by atoms with E-state index in [0.717, 1.165) is 36.4 Å². The molecule has 0 atom stereocenters. The summed E-state index contributed by atoms with van der Waals surface area (Å²) in [5.74, 6) is -3.13. The number of hydrogen-bond acceptors (Lipinski definition) is 10. The van der Waals surface area contributed by atoms with E-state index in [0.29, 0.717) is 46.9 Å². The Morgan fingerprint density at radius 2 is 0.763 bits per heavy atom. The van der Waals surface area contributed by atoms with Gasteiger partial charge in [0.05, 0.1) is 12.8 Å². The fourth-order valence-corrected chi connectivity index (χ4v) is 5.03. The van der Waals surface area contributed by atoms with Crippen molar-refractivity contribution < 1.29 is 73.9 Å². The van der Waals surface area contributed by atoms with Gasteiger partial charge >= 0.3 is 36.2 Å². The summed E-state index contributed by atoms with van der Waals surface area (Å²) in [6, 6.07) is 17.4. The molecule has 0 aromatic heterocycles. The number of halogens is 6. The van der Waals surface area contributed by atoms with Crippen molar-refractivity contribution in [2.75, 3.05) is 13.6 Å². The van der Waals surface area contributed by atoms with Crippen molar-refractivity contribution in [1.29, 1.82) is 0 Å². The second-order valence-electron chi connectivity index (χ2n) is 11.2. The van der Waals surface area contributed by atoms with Crippen molar-refractivity contribution in [2.24, 2.45) is 0 Å². The van der Waals surface area contributed by atoms with Gasteiger partial charge in [-0.25, -0.2) is 9.59 Å². The Hall–Kier alpha value is -6.58. The number of hydrogen-bond donors (Lipinski definition) is 0. The van der Waals surface area contributed by atoms with Gasteiger partial charge in [-0.15, -0.1) is 0 Å². The van der Waals surface area contributed by atoms with Crippen LogP contribution in [-0.4, -0.2) is 49.8 Å². The summed E-state index contributed by atoms with van der Waals surface area (Å²) in [6.07, 6.45) is -10.5. The van der Waals surface area contributed by atoms with Crippen LogP contribution in [0.4, 0.5) is 26.3 Å². The van der Waals surface area contributed by atoms with Gasteiger partial charge in [-0.05, 0) is 70.8 Å². The van der Waals surface area contributed by atoms with Crippen molar-refractivity contribution in [2.45, 2.75) is 60.3 Å². The van der Waals surface area contributed by atoms with E-state index < -0.39 is 52.8 Å². The quantitative estimate of drug-likeness (QED) is 0.0354. The molecule has 59 heavy (non-hydrogen) atoms. The highest BCUT2D eigenvalue weighted by Gasteiger charge is 2.72. The molecule has 0 spiro atoms. The summed E-state index contributed by atoms with van der Waals surface area (Å²) >= 11 is 0. The Labute approximate surface area is 339 Å². The summed E-state index contributed by atoms with van der Waals surface area (Å²) in [5.41, 5.74) is -6.07. The van der Waals surface area contributed by atoms with Crippen molar-refractivity contribution in [3.63, 3.8) is 0 Å². The molecule has 0 aliphatic rings. The SMILES string of the molecule is C.C.C.C.C=CC(=O)OCOc1ccc(CC(=O)Oc2ccc(C(c3ccc(OC(=O)Cc4ccc(OCOC(=O)C=C)cc4)cc3)(C(F)(F)F)C(F)(F)F)cc2)cc1. The number of rotatable bonds is 16. The highest BCUT2D eigenvalue weighted by Crippen LogP contribution is 2.56. The highest BCUT2D eigenvalue weighted by molar-refractivity contribution is 5.81. The van der Waals surface area contributed by atoms with Crippen LogP contribution in [0, 0.1) is 0 Å². The monoisotopic (exact) mass is 836 g/mol. The van der Waals surface area contributed by atoms with Crippen LogP contribution in [0.2, 0.25) is 0 Å². The number of carbonyl (C=O) groups is 4. The van der Waals surface area contributed by atoms with Crippen LogP contribution in [0.1, 0.15) is 52.0 Å². The van der Waals surface area contributed by atoms with Crippen molar-refractivity contribution >= 4 is 23.9 Å². The number of carbonyl (C=O) groups excluding carboxylic acids is 4. The van der Waals surface area contributed by atoms with E-state index in [1.54, 1.807) is 0 Å². The van der Waals surface area contributed by atoms with Crippen LogP contribution in [-0.2, 0) is 46.9 Å². The topological polar surface area (TPSA) is 124 Å². The maximum absolute atomic E-state index is 14.7. The van der Waals surface area contributed by atoms with E-state index in [4.69, 9.17) is 28.4 Å². The molecule has 320 valence electrons. The number of benzene rings is 4. The second kappa shape index (κ2) is 23.0. The van der Waals surface area contributed by atoms with Crippen LogP contribution in [0.5, 0.6) is 23.0 Å². The normalized spacial score (nSPS) is 10.7. The van der Waals surface area contributed by atoms with Crippen LogP contribution in [0.15, 0.2) is 122 Å². The zero-order chi connectivity index (χ0) is 40.2. The molecule has 16 heteroatoms. The van der Waals surface area contributed by atoms with E-state index in [9.17, 15) is 45.5 Å². The van der Waals surface area contributed by atoms with Crippen molar-refractivity contribution in [3.05, 3.63) is 145 Å². The molecule has 0 unspecified atom stereocenters. The molecule has 4 aromatic rings. The van der Waals surface area contributed by atoms with Gasteiger partial charge in [-0.3, -0.25) is 9.59 Å². The Bertz CT molecular complexity index is 1830. The molecule has 0 aliphatic carbocycles. The molecule has 0 saturated heterocycles. The van der Waals surface area contributed by atoms with Gasteiger partial charge in [0.15, 0.2) is 0 Å². The largest absolute Gasteiger partial charge is 0.457 e. The van der Waals surface area contributed by atoms with Gasteiger partial charge in [-0.2, -0.15) is 26.3 Å². The minimum Gasteiger partial charge on any atom is -0.457 e.